The van der Waals surface area contributed by atoms with Crippen molar-refractivity contribution in [2.75, 3.05) is 17.5 Å². The van der Waals surface area contributed by atoms with Gasteiger partial charge in [0, 0.05) is 18.7 Å². The fraction of sp³-hybridized carbons (Fsp3) is 0.174. The maximum absolute atomic E-state index is 13.3. The van der Waals surface area contributed by atoms with Gasteiger partial charge in [-0.05, 0) is 48.9 Å². The average Bonchev–Trinajstić information content (AvgIpc) is 2.82. The number of anilines is 1. The molecule has 10 heteroatoms. The molecule has 1 N–H and O–H groups in total. The zero-order chi connectivity index (χ0) is 23.8. The van der Waals surface area contributed by atoms with Crippen LogP contribution in [0.4, 0.5) is 11.4 Å². The van der Waals surface area contributed by atoms with Crippen molar-refractivity contribution < 1.29 is 22.9 Å². The normalized spacial score (nSPS) is 10.9. The summed E-state index contributed by atoms with van der Waals surface area (Å²) < 4.78 is 32.9. The molecule has 3 aromatic rings. The molecule has 9 nitrogen and oxygen atoms in total. The van der Waals surface area contributed by atoms with Crippen LogP contribution in [0.5, 0.6) is 5.75 Å². The van der Waals surface area contributed by atoms with Gasteiger partial charge in [0.15, 0.2) is 0 Å². The predicted octanol–water partition coefficient (Wildman–Crippen LogP) is 3.51. The van der Waals surface area contributed by atoms with E-state index in [1.807, 2.05) is 13.0 Å². The summed E-state index contributed by atoms with van der Waals surface area (Å²) in [5, 5.41) is 13.7. The number of nitrogens with one attached hydrogen (secondary N) is 1. The molecule has 0 radical (unpaired) electrons. The Morgan fingerprint density at radius 3 is 2.36 bits per heavy atom. The van der Waals surface area contributed by atoms with Crippen molar-refractivity contribution in [1.82, 2.24) is 5.32 Å². The number of hydrogen-bond donors (Lipinski definition) is 1. The van der Waals surface area contributed by atoms with E-state index in [4.69, 9.17) is 4.74 Å². The lowest BCUT2D eigenvalue weighted by molar-refractivity contribution is -0.384. The summed E-state index contributed by atoms with van der Waals surface area (Å²) in [5.41, 5.74) is 0.745. The quantitative estimate of drug-likeness (QED) is 0.359. The minimum absolute atomic E-state index is 0.000526. The Kier molecular flexibility index (Phi) is 7.62. The highest BCUT2D eigenvalue weighted by molar-refractivity contribution is 7.92. The molecular weight excluding hydrogens is 446 g/mol. The van der Waals surface area contributed by atoms with Crippen molar-refractivity contribution in [3.05, 3.63) is 94.5 Å². The second kappa shape index (κ2) is 10.6. The van der Waals surface area contributed by atoms with E-state index < -0.39 is 27.4 Å². The van der Waals surface area contributed by atoms with Crippen molar-refractivity contribution in [2.45, 2.75) is 18.4 Å². The summed E-state index contributed by atoms with van der Waals surface area (Å²) in [5.74, 6) is 0.137. The molecule has 3 rings (SSSR count). The lowest BCUT2D eigenvalue weighted by Crippen LogP contribution is -2.40. The first-order valence-corrected chi connectivity index (χ1v) is 11.6. The lowest BCUT2D eigenvalue weighted by Gasteiger charge is -2.24. The number of non-ortho nitro benzene ring substituents is 1. The largest absolute Gasteiger partial charge is 0.494 e. The topological polar surface area (TPSA) is 119 Å². The predicted molar refractivity (Wildman–Crippen MR) is 124 cm³/mol. The van der Waals surface area contributed by atoms with E-state index in [2.05, 4.69) is 5.32 Å². The van der Waals surface area contributed by atoms with Gasteiger partial charge >= 0.3 is 0 Å². The van der Waals surface area contributed by atoms with Gasteiger partial charge in [-0.1, -0.05) is 30.3 Å². The number of hydrogen-bond acceptors (Lipinski definition) is 6. The van der Waals surface area contributed by atoms with E-state index in [9.17, 15) is 23.3 Å². The van der Waals surface area contributed by atoms with Crippen LogP contribution in [0, 0.1) is 10.1 Å². The molecule has 0 aliphatic carbocycles. The third-order valence-corrected chi connectivity index (χ3v) is 6.45. The fourth-order valence-electron chi connectivity index (χ4n) is 3.07. The van der Waals surface area contributed by atoms with Gasteiger partial charge in [0.25, 0.3) is 15.7 Å². The average molecular weight is 470 g/mol. The number of nitrogens with zero attached hydrogens (tertiary/aromatic N) is 2. The Balaban J connectivity index is 1.82. The molecule has 0 aliphatic heterocycles. The smallest absolute Gasteiger partial charge is 0.269 e. The molecule has 0 heterocycles. The van der Waals surface area contributed by atoms with Crippen LogP contribution < -0.4 is 14.4 Å². The van der Waals surface area contributed by atoms with Crippen LogP contribution in [0.2, 0.25) is 0 Å². The second-order valence-electron chi connectivity index (χ2n) is 6.96. The molecule has 0 aliphatic rings. The molecule has 33 heavy (non-hydrogen) atoms. The molecule has 172 valence electrons. The number of amides is 1. The summed E-state index contributed by atoms with van der Waals surface area (Å²) in [6.07, 6.45) is 0. The van der Waals surface area contributed by atoms with Crippen molar-refractivity contribution >= 4 is 27.3 Å². The lowest BCUT2D eigenvalue weighted by atomic mass is 10.2. The Morgan fingerprint density at radius 2 is 1.73 bits per heavy atom. The molecule has 0 saturated heterocycles. The third kappa shape index (κ3) is 6.07. The summed E-state index contributed by atoms with van der Waals surface area (Å²) in [6, 6.07) is 19.9. The summed E-state index contributed by atoms with van der Waals surface area (Å²) >= 11 is 0. The Bertz CT molecular complexity index is 1210. The highest BCUT2D eigenvalue weighted by Crippen LogP contribution is 2.25. The maximum Gasteiger partial charge on any atom is 0.269 e. The molecule has 0 unspecified atom stereocenters. The van der Waals surface area contributed by atoms with Gasteiger partial charge in [-0.3, -0.25) is 19.2 Å². The van der Waals surface area contributed by atoms with E-state index in [1.165, 1.54) is 36.4 Å². The van der Waals surface area contributed by atoms with E-state index in [0.29, 0.717) is 12.4 Å². The number of rotatable bonds is 10. The minimum Gasteiger partial charge on any atom is -0.494 e. The minimum atomic E-state index is -4.10. The van der Waals surface area contributed by atoms with Crippen molar-refractivity contribution in [3.8, 4) is 5.75 Å². The summed E-state index contributed by atoms with van der Waals surface area (Å²) in [4.78, 5) is 23.1. The first-order chi connectivity index (χ1) is 15.8. The molecular formula is C23H23N3O6S. The number of benzene rings is 3. The van der Waals surface area contributed by atoms with Crippen molar-refractivity contribution in [3.63, 3.8) is 0 Å². The van der Waals surface area contributed by atoms with Crippen LogP contribution in [0.1, 0.15) is 12.5 Å². The first kappa shape index (κ1) is 23.7. The molecule has 0 aromatic heterocycles. The van der Waals surface area contributed by atoms with Gasteiger partial charge in [-0.2, -0.15) is 0 Å². The Labute approximate surface area is 191 Å². The number of carbonyl (C=O) groups is 1. The molecule has 0 atom stereocenters. The second-order valence-corrected chi connectivity index (χ2v) is 8.82. The number of nitro benzene ring substituents is 1. The van der Waals surface area contributed by atoms with E-state index in [1.54, 1.807) is 36.4 Å². The highest BCUT2D eigenvalue weighted by atomic mass is 32.2. The number of ether oxygens (including phenoxy) is 1. The summed E-state index contributed by atoms with van der Waals surface area (Å²) in [6.45, 7) is 2.06. The third-order valence-electron chi connectivity index (χ3n) is 4.67. The molecule has 0 bridgehead atoms. The van der Waals surface area contributed by atoms with Crippen LogP contribution in [-0.2, 0) is 21.4 Å². The molecule has 0 spiro atoms. The Hall–Kier alpha value is -3.92. The zero-order valence-corrected chi connectivity index (χ0v) is 18.7. The SMILES string of the molecule is CCOc1cccc(CNC(=O)CN(c2ccc([N+](=O)[O-])cc2)S(=O)(=O)c2ccccc2)c1. The first-order valence-electron chi connectivity index (χ1n) is 10.1. The molecule has 3 aromatic carbocycles. The van der Waals surface area contributed by atoms with Gasteiger partial charge < -0.3 is 10.1 Å². The van der Waals surface area contributed by atoms with Gasteiger partial charge in [0.1, 0.15) is 12.3 Å². The van der Waals surface area contributed by atoms with Gasteiger partial charge in [-0.15, -0.1) is 0 Å². The number of nitro groups is 1. The van der Waals surface area contributed by atoms with Crippen molar-refractivity contribution in [2.24, 2.45) is 0 Å². The van der Waals surface area contributed by atoms with E-state index in [0.717, 1.165) is 9.87 Å². The highest BCUT2D eigenvalue weighted by Gasteiger charge is 2.27. The Morgan fingerprint density at radius 1 is 1.03 bits per heavy atom. The molecule has 0 fully saturated rings. The van der Waals surface area contributed by atoms with E-state index >= 15 is 0 Å². The standard InChI is InChI=1S/C23H23N3O6S/c1-2-32-21-8-6-7-18(15-21)16-24-23(27)17-25(19-11-13-20(14-12-19)26(28)29)33(30,31)22-9-4-3-5-10-22/h3-15H,2,16-17H2,1H3,(H,24,27). The van der Waals surface area contributed by atoms with Gasteiger partial charge in [-0.25, -0.2) is 8.42 Å². The van der Waals surface area contributed by atoms with Crippen LogP contribution in [0.15, 0.2) is 83.8 Å². The van der Waals surface area contributed by atoms with Crippen molar-refractivity contribution in [1.29, 1.82) is 0 Å². The van der Waals surface area contributed by atoms with E-state index in [-0.39, 0.29) is 22.8 Å². The maximum atomic E-state index is 13.3. The summed E-state index contributed by atoms with van der Waals surface area (Å²) in [7, 11) is -4.10. The fourth-order valence-corrected chi connectivity index (χ4v) is 4.52. The van der Waals surface area contributed by atoms with Crippen LogP contribution in [0.3, 0.4) is 0 Å². The van der Waals surface area contributed by atoms with Gasteiger partial charge in [0.2, 0.25) is 5.91 Å². The zero-order valence-electron chi connectivity index (χ0n) is 17.9. The monoisotopic (exact) mass is 469 g/mol. The number of sulfonamides is 1. The van der Waals surface area contributed by atoms with Crippen LogP contribution >= 0.6 is 0 Å². The molecule has 0 saturated carbocycles. The van der Waals surface area contributed by atoms with Crippen LogP contribution in [-0.4, -0.2) is 32.4 Å². The number of carbonyl (C=O) groups excluding carboxylic acids is 1. The van der Waals surface area contributed by atoms with Gasteiger partial charge in [0.05, 0.1) is 22.1 Å². The molecule has 1 amide bonds. The van der Waals surface area contributed by atoms with Crippen LogP contribution in [0.25, 0.3) is 0 Å².